The van der Waals surface area contributed by atoms with Gasteiger partial charge in [0, 0.05) is 24.9 Å². The topological polar surface area (TPSA) is 29.3 Å². The number of rotatable bonds is 2. The van der Waals surface area contributed by atoms with Gasteiger partial charge in [-0.25, -0.2) is 4.98 Å². The molecular formula is C14H16F3N3. The lowest BCUT2D eigenvalue weighted by molar-refractivity contribution is -0.136. The lowest BCUT2D eigenvalue weighted by atomic mass is 10.0. The van der Waals surface area contributed by atoms with Crippen LogP contribution in [-0.4, -0.2) is 22.0 Å². The maximum atomic E-state index is 12.9. The second-order valence-electron chi connectivity index (χ2n) is 5.23. The summed E-state index contributed by atoms with van der Waals surface area (Å²) in [6.07, 6.45) is 3.00. The summed E-state index contributed by atoms with van der Waals surface area (Å²) in [6, 6.07) is 2.80. The van der Waals surface area contributed by atoms with Crippen molar-refractivity contribution in [1.82, 2.24) is 14.7 Å². The highest BCUT2D eigenvalue weighted by Gasteiger charge is 2.33. The Morgan fingerprint density at radius 2 is 2.20 bits per heavy atom. The van der Waals surface area contributed by atoms with E-state index >= 15 is 0 Å². The standard InChI is InChI=1S/C14H16F3N3/c15-14(16,17)12-5-3-7-20-9-11(19-13(12)20)8-10-4-1-2-6-18-10/h3,5,7,9-10,18H,1-2,4,6,8H2/t10-/m0/s1. The van der Waals surface area contributed by atoms with E-state index in [2.05, 4.69) is 10.3 Å². The van der Waals surface area contributed by atoms with E-state index in [1.807, 2.05) is 0 Å². The van der Waals surface area contributed by atoms with E-state index in [0.717, 1.165) is 19.0 Å². The first-order chi connectivity index (χ1) is 9.54. The minimum Gasteiger partial charge on any atom is -0.314 e. The molecule has 1 fully saturated rings. The summed E-state index contributed by atoms with van der Waals surface area (Å²) >= 11 is 0. The van der Waals surface area contributed by atoms with Gasteiger partial charge >= 0.3 is 6.18 Å². The number of nitrogens with one attached hydrogen (secondary N) is 1. The minimum absolute atomic E-state index is 0.00851. The third-order valence-corrected chi connectivity index (χ3v) is 3.71. The lowest BCUT2D eigenvalue weighted by Gasteiger charge is -2.22. The number of hydrogen-bond acceptors (Lipinski definition) is 2. The molecule has 0 bridgehead atoms. The number of halogens is 3. The first kappa shape index (κ1) is 13.4. The Balaban J connectivity index is 1.90. The molecule has 0 aromatic carbocycles. The summed E-state index contributed by atoms with van der Waals surface area (Å²) < 4.78 is 40.2. The van der Waals surface area contributed by atoms with Crippen LogP contribution < -0.4 is 5.32 Å². The molecule has 0 aliphatic carbocycles. The van der Waals surface area contributed by atoms with Crippen LogP contribution in [0.4, 0.5) is 13.2 Å². The van der Waals surface area contributed by atoms with Crippen molar-refractivity contribution < 1.29 is 13.2 Å². The van der Waals surface area contributed by atoms with Gasteiger partial charge in [-0.15, -0.1) is 0 Å². The SMILES string of the molecule is FC(F)(F)c1cccn2cc(C[C@@H]3CCCCN3)nc12. The molecule has 1 saturated heterocycles. The van der Waals surface area contributed by atoms with Crippen LogP contribution in [0.3, 0.4) is 0 Å². The van der Waals surface area contributed by atoms with E-state index in [1.165, 1.54) is 23.3 Å². The molecular weight excluding hydrogens is 267 g/mol. The zero-order valence-electron chi connectivity index (χ0n) is 11.0. The highest BCUT2D eigenvalue weighted by Crippen LogP contribution is 2.32. The van der Waals surface area contributed by atoms with Gasteiger partial charge in [0.25, 0.3) is 0 Å². The first-order valence-corrected chi connectivity index (χ1v) is 6.81. The average molecular weight is 283 g/mol. The predicted molar refractivity (Wildman–Crippen MR) is 69.5 cm³/mol. The van der Waals surface area contributed by atoms with Gasteiger partial charge in [0.15, 0.2) is 0 Å². The Morgan fingerprint density at radius 1 is 1.35 bits per heavy atom. The smallest absolute Gasteiger partial charge is 0.314 e. The number of hydrogen-bond donors (Lipinski definition) is 1. The van der Waals surface area contributed by atoms with Crippen molar-refractivity contribution in [1.29, 1.82) is 0 Å². The molecule has 3 rings (SSSR count). The highest BCUT2D eigenvalue weighted by molar-refractivity contribution is 5.50. The fourth-order valence-corrected chi connectivity index (χ4v) is 2.73. The first-order valence-electron chi connectivity index (χ1n) is 6.81. The van der Waals surface area contributed by atoms with Gasteiger partial charge in [-0.05, 0) is 31.5 Å². The molecule has 6 heteroatoms. The van der Waals surface area contributed by atoms with Crippen molar-refractivity contribution >= 4 is 5.65 Å². The number of piperidine rings is 1. The molecule has 3 nitrogen and oxygen atoms in total. The summed E-state index contributed by atoms with van der Waals surface area (Å²) in [5.41, 5.74) is 0.0229. The Bertz CT molecular complexity index is 597. The maximum absolute atomic E-state index is 12.9. The van der Waals surface area contributed by atoms with Crippen molar-refractivity contribution in [3.05, 3.63) is 35.8 Å². The number of imidazole rings is 1. The summed E-state index contributed by atoms with van der Waals surface area (Å²) in [6.45, 7) is 0.978. The van der Waals surface area contributed by atoms with Crippen molar-refractivity contribution in [2.24, 2.45) is 0 Å². The fraction of sp³-hybridized carbons (Fsp3) is 0.500. The van der Waals surface area contributed by atoms with E-state index in [9.17, 15) is 13.2 Å². The van der Waals surface area contributed by atoms with Crippen LogP contribution in [0.5, 0.6) is 0 Å². The maximum Gasteiger partial charge on any atom is 0.419 e. The van der Waals surface area contributed by atoms with Crippen LogP contribution in [0.15, 0.2) is 24.5 Å². The molecule has 2 aromatic rings. The zero-order chi connectivity index (χ0) is 14.2. The second kappa shape index (κ2) is 5.09. The summed E-state index contributed by atoms with van der Waals surface area (Å²) in [5.74, 6) is 0. The Kier molecular flexibility index (Phi) is 3.41. The van der Waals surface area contributed by atoms with Crippen LogP contribution in [0.2, 0.25) is 0 Å². The highest BCUT2D eigenvalue weighted by atomic mass is 19.4. The van der Waals surface area contributed by atoms with Crippen LogP contribution in [-0.2, 0) is 12.6 Å². The number of alkyl halides is 3. The zero-order valence-corrected chi connectivity index (χ0v) is 11.0. The van der Waals surface area contributed by atoms with Gasteiger partial charge in [0.2, 0.25) is 0 Å². The van der Waals surface area contributed by atoms with E-state index in [4.69, 9.17) is 0 Å². The van der Waals surface area contributed by atoms with Gasteiger partial charge in [-0.1, -0.05) is 6.42 Å². The number of nitrogens with zero attached hydrogens (tertiary/aromatic N) is 2. The molecule has 0 amide bonds. The minimum atomic E-state index is -4.37. The van der Waals surface area contributed by atoms with Crippen LogP contribution in [0, 0.1) is 0 Å². The van der Waals surface area contributed by atoms with Crippen LogP contribution >= 0.6 is 0 Å². The van der Waals surface area contributed by atoms with E-state index in [-0.39, 0.29) is 5.65 Å². The van der Waals surface area contributed by atoms with Crippen LogP contribution in [0.1, 0.15) is 30.5 Å². The van der Waals surface area contributed by atoms with Gasteiger partial charge in [0.05, 0.1) is 11.3 Å². The quantitative estimate of drug-likeness (QED) is 0.918. The third-order valence-electron chi connectivity index (χ3n) is 3.71. The molecule has 0 saturated carbocycles. The molecule has 1 aliphatic heterocycles. The molecule has 0 radical (unpaired) electrons. The molecule has 108 valence electrons. The molecule has 3 heterocycles. The van der Waals surface area contributed by atoms with Crippen LogP contribution in [0.25, 0.3) is 5.65 Å². The summed E-state index contributed by atoms with van der Waals surface area (Å²) in [7, 11) is 0. The van der Waals surface area contributed by atoms with E-state index < -0.39 is 11.7 Å². The molecule has 1 atom stereocenters. The average Bonchev–Trinajstić information content (AvgIpc) is 2.80. The molecule has 20 heavy (non-hydrogen) atoms. The van der Waals surface area contributed by atoms with Crippen molar-refractivity contribution in [2.45, 2.75) is 37.9 Å². The largest absolute Gasteiger partial charge is 0.419 e. The predicted octanol–water partition coefficient (Wildman–Crippen LogP) is 3.04. The van der Waals surface area contributed by atoms with Gasteiger partial charge < -0.3 is 9.72 Å². The van der Waals surface area contributed by atoms with E-state index in [1.54, 1.807) is 12.4 Å². The molecule has 0 spiro atoms. The third kappa shape index (κ3) is 2.65. The Labute approximate surface area is 114 Å². The molecule has 0 unspecified atom stereocenters. The summed E-state index contributed by atoms with van der Waals surface area (Å²) in [4.78, 5) is 4.18. The molecule has 2 aromatic heterocycles. The Morgan fingerprint density at radius 3 is 2.90 bits per heavy atom. The van der Waals surface area contributed by atoms with E-state index in [0.29, 0.717) is 18.2 Å². The normalized spacial score (nSPS) is 20.4. The number of aromatic nitrogens is 2. The molecule has 1 N–H and O–H groups in total. The summed E-state index contributed by atoms with van der Waals surface area (Å²) in [5, 5.41) is 3.39. The Hall–Kier alpha value is -1.56. The van der Waals surface area contributed by atoms with Crippen molar-refractivity contribution in [3.63, 3.8) is 0 Å². The fourth-order valence-electron chi connectivity index (χ4n) is 2.73. The van der Waals surface area contributed by atoms with Crippen molar-refractivity contribution in [3.8, 4) is 0 Å². The van der Waals surface area contributed by atoms with Gasteiger partial charge in [-0.3, -0.25) is 0 Å². The second-order valence-corrected chi connectivity index (χ2v) is 5.23. The number of fused-ring (bicyclic) bond motifs is 1. The molecule has 1 aliphatic rings. The lowest BCUT2D eigenvalue weighted by Crippen LogP contribution is -2.35. The van der Waals surface area contributed by atoms with Crippen molar-refractivity contribution in [2.75, 3.05) is 6.54 Å². The van der Waals surface area contributed by atoms with Gasteiger partial charge in [0.1, 0.15) is 5.65 Å². The number of pyridine rings is 1. The monoisotopic (exact) mass is 283 g/mol. The van der Waals surface area contributed by atoms with Gasteiger partial charge in [-0.2, -0.15) is 13.2 Å².